The van der Waals surface area contributed by atoms with Gasteiger partial charge < -0.3 is 19.9 Å². The standard InChI is InChI=1S/C18H20ClNO4/c1-23-16-3-4-17(24-2)13(10-16)5-6-20-11-12-7-14(18(21)22)9-15(19)8-12/h3-4,7-10,20H,5-6,11H2,1-2H3,(H,21,22). The van der Waals surface area contributed by atoms with Crippen LogP contribution in [0.15, 0.2) is 36.4 Å². The monoisotopic (exact) mass is 349 g/mol. The maximum Gasteiger partial charge on any atom is 0.335 e. The second kappa shape index (κ2) is 8.57. The number of carboxylic acid groups (broad SMARTS) is 1. The van der Waals surface area contributed by atoms with E-state index in [1.54, 1.807) is 26.4 Å². The zero-order valence-corrected chi connectivity index (χ0v) is 14.4. The molecule has 0 saturated carbocycles. The highest BCUT2D eigenvalue weighted by Gasteiger charge is 2.07. The Balaban J connectivity index is 1.95. The topological polar surface area (TPSA) is 67.8 Å². The van der Waals surface area contributed by atoms with Crippen LogP contribution < -0.4 is 14.8 Å². The molecular formula is C18H20ClNO4. The average molecular weight is 350 g/mol. The molecule has 128 valence electrons. The first-order valence-corrected chi connectivity index (χ1v) is 7.85. The Labute approximate surface area is 146 Å². The van der Waals surface area contributed by atoms with E-state index in [0.29, 0.717) is 18.1 Å². The van der Waals surface area contributed by atoms with Gasteiger partial charge in [-0.1, -0.05) is 11.6 Å². The maximum absolute atomic E-state index is 11.0. The second-order valence-electron chi connectivity index (χ2n) is 5.26. The van der Waals surface area contributed by atoms with Gasteiger partial charge in [-0.05, 0) is 60.5 Å². The summed E-state index contributed by atoms with van der Waals surface area (Å²) in [5.74, 6) is 0.611. The molecular weight excluding hydrogens is 330 g/mol. The molecule has 0 atom stereocenters. The first-order valence-electron chi connectivity index (χ1n) is 7.48. The lowest BCUT2D eigenvalue weighted by atomic mass is 10.1. The van der Waals surface area contributed by atoms with Crippen LogP contribution in [0.25, 0.3) is 0 Å². The number of methoxy groups -OCH3 is 2. The lowest BCUT2D eigenvalue weighted by Gasteiger charge is -2.11. The first kappa shape index (κ1) is 18.1. The Hall–Kier alpha value is -2.24. The van der Waals surface area contributed by atoms with Crippen molar-refractivity contribution in [2.75, 3.05) is 20.8 Å². The summed E-state index contributed by atoms with van der Waals surface area (Å²) in [7, 11) is 3.27. The molecule has 2 N–H and O–H groups in total. The van der Waals surface area contributed by atoms with Crippen LogP contribution in [0.1, 0.15) is 21.5 Å². The van der Waals surface area contributed by atoms with Gasteiger partial charge in [0.15, 0.2) is 0 Å². The van der Waals surface area contributed by atoms with Crippen molar-refractivity contribution in [1.82, 2.24) is 5.32 Å². The molecule has 2 aromatic carbocycles. The van der Waals surface area contributed by atoms with E-state index >= 15 is 0 Å². The number of hydrogen-bond acceptors (Lipinski definition) is 4. The van der Waals surface area contributed by atoms with Gasteiger partial charge in [0.1, 0.15) is 11.5 Å². The summed E-state index contributed by atoms with van der Waals surface area (Å²) in [4.78, 5) is 11.0. The van der Waals surface area contributed by atoms with Gasteiger partial charge in [-0.2, -0.15) is 0 Å². The molecule has 0 aliphatic carbocycles. The van der Waals surface area contributed by atoms with Gasteiger partial charge in [-0.3, -0.25) is 0 Å². The molecule has 0 unspecified atom stereocenters. The number of rotatable bonds is 8. The summed E-state index contributed by atoms with van der Waals surface area (Å²) in [6.45, 7) is 1.24. The summed E-state index contributed by atoms with van der Waals surface area (Å²) < 4.78 is 10.6. The molecule has 0 aromatic heterocycles. The number of carboxylic acids is 1. The summed E-state index contributed by atoms with van der Waals surface area (Å²) in [5.41, 5.74) is 2.06. The third-order valence-corrected chi connectivity index (χ3v) is 3.81. The van der Waals surface area contributed by atoms with E-state index in [1.165, 1.54) is 6.07 Å². The second-order valence-corrected chi connectivity index (χ2v) is 5.69. The van der Waals surface area contributed by atoms with E-state index in [2.05, 4.69) is 5.32 Å². The summed E-state index contributed by atoms with van der Waals surface area (Å²) in [6.07, 6.45) is 0.757. The number of halogens is 1. The van der Waals surface area contributed by atoms with Crippen molar-refractivity contribution < 1.29 is 19.4 Å². The van der Waals surface area contributed by atoms with Crippen LogP contribution in [0.2, 0.25) is 5.02 Å². The first-order chi connectivity index (χ1) is 11.5. The van der Waals surface area contributed by atoms with Crippen LogP contribution in [0.4, 0.5) is 0 Å². The van der Waals surface area contributed by atoms with Crippen molar-refractivity contribution >= 4 is 17.6 Å². The number of hydrogen-bond donors (Lipinski definition) is 2. The zero-order valence-electron chi connectivity index (χ0n) is 13.6. The molecule has 0 amide bonds. The van der Waals surface area contributed by atoms with Crippen molar-refractivity contribution in [3.05, 3.63) is 58.1 Å². The Morgan fingerprint density at radius 1 is 1.17 bits per heavy atom. The molecule has 2 rings (SSSR count). The van der Waals surface area contributed by atoms with E-state index < -0.39 is 5.97 Å². The minimum Gasteiger partial charge on any atom is -0.497 e. The molecule has 0 saturated heterocycles. The predicted molar refractivity (Wildman–Crippen MR) is 93.4 cm³/mol. The van der Waals surface area contributed by atoms with E-state index in [0.717, 1.165) is 29.0 Å². The van der Waals surface area contributed by atoms with Gasteiger partial charge >= 0.3 is 5.97 Å². The van der Waals surface area contributed by atoms with Gasteiger partial charge in [-0.15, -0.1) is 0 Å². The molecule has 6 heteroatoms. The lowest BCUT2D eigenvalue weighted by molar-refractivity contribution is 0.0696. The van der Waals surface area contributed by atoms with E-state index in [-0.39, 0.29) is 5.56 Å². The number of nitrogens with one attached hydrogen (secondary N) is 1. The highest BCUT2D eigenvalue weighted by molar-refractivity contribution is 6.31. The van der Waals surface area contributed by atoms with E-state index in [4.69, 9.17) is 26.2 Å². The van der Waals surface area contributed by atoms with Crippen LogP contribution in [0.3, 0.4) is 0 Å². The Morgan fingerprint density at radius 3 is 2.62 bits per heavy atom. The van der Waals surface area contributed by atoms with E-state index in [1.807, 2.05) is 18.2 Å². The average Bonchev–Trinajstić information content (AvgIpc) is 2.58. The largest absolute Gasteiger partial charge is 0.497 e. The van der Waals surface area contributed by atoms with Crippen LogP contribution in [-0.4, -0.2) is 31.8 Å². The van der Waals surface area contributed by atoms with Crippen molar-refractivity contribution in [1.29, 1.82) is 0 Å². The van der Waals surface area contributed by atoms with Gasteiger partial charge in [0, 0.05) is 11.6 Å². The Kier molecular flexibility index (Phi) is 6.46. The number of ether oxygens (including phenoxy) is 2. The Bertz CT molecular complexity index is 718. The highest BCUT2D eigenvalue weighted by Crippen LogP contribution is 2.24. The molecule has 0 aliphatic heterocycles. The van der Waals surface area contributed by atoms with E-state index in [9.17, 15) is 4.79 Å². The summed E-state index contributed by atoms with van der Waals surface area (Å²) in [6, 6.07) is 10.5. The van der Waals surface area contributed by atoms with Crippen molar-refractivity contribution in [2.45, 2.75) is 13.0 Å². The Morgan fingerprint density at radius 2 is 1.96 bits per heavy atom. The molecule has 0 bridgehead atoms. The van der Waals surface area contributed by atoms with Crippen molar-refractivity contribution in [3.8, 4) is 11.5 Å². The molecule has 0 heterocycles. The fraction of sp³-hybridized carbons (Fsp3) is 0.278. The molecule has 0 radical (unpaired) electrons. The molecule has 0 spiro atoms. The van der Waals surface area contributed by atoms with Crippen LogP contribution in [0.5, 0.6) is 11.5 Å². The van der Waals surface area contributed by atoms with Crippen molar-refractivity contribution in [3.63, 3.8) is 0 Å². The smallest absolute Gasteiger partial charge is 0.335 e. The maximum atomic E-state index is 11.0. The minimum atomic E-state index is -0.986. The normalized spacial score (nSPS) is 10.5. The number of aromatic carboxylic acids is 1. The SMILES string of the molecule is COc1ccc(OC)c(CCNCc2cc(Cl)cc(C(=O)O)c2)c1. The number of carbonyl (C=O) groups is 1. The van der Waals surface area contributed by atoms with Crippen molar-refractivity contribution in [2.24, 2.45) is 0 Å². The quantitative estimate of drug-likeness (QED) is 0.715. The lowest BCUT2D eigenvalue weighted by Crippen LogP contribution is -2.17. The molecule has 24 heavy (non-hydrogen) atoms. The zero-order chi connectivity index (χ0) is 17.5. The highest BCUT2D eigenvalue weighted by atomic mass is 35.5. The summed E-state index contributed by atoms with van der Waals surface area (Å²) in [5, 5.41) is 12.8. The third kappa shape index (κ3) is 4.88. The van der Waals surface area contributed by atoms with Gasteiger partial charge in [0.2, 0.25) is 0 Å². The third-order valence-electron chi connectivity index (χ3n) is 3.59. The molecule has 2 aromatic rings. The molecule has 5 nitrogen and oxygen atoms in total. The minimum absolute atomic E-state index is 0.189. The fourth-order valence-electron chi connectivity index (χ4n) is 2.41. The fourth-order valence-corrected chi connectivity index (χ4v) is 2.67. The number of benzene rings is 2. The van der Waals surface area contributed by atoms with Crippen LogP contribution in [-0.2, 0) is 13.0 Å². The predicted octanol–water partition coefficient (Wildman–Crippen LogP) is 3.39. The van der Waals surface area contributed by atoms with Crippen LogP contribution >= 0.6 is 11.6 Å². The van der Waals surface area contributed by atoms with Gasteiger partial charge in [-0.25, -0.2) is 4.79 Å². The van der Waals surface area contributed by atoms with Gasteiger partial charge in [0.25, 0.3) is 0 Å². The summed E-state index contributed by atoms with van der Waals surface area (Å²) >= 11 is 5.95. The van der Waals surface area contributed by atoms with Crippen LogP contribution in [0, 0.1) is 0 Å². The molecule has 0 aliphatic rings. The molecule has 0 fully saturated rings. The van der Waals surface area contributed by atoms with Gasteiger partial charge in [0.05, 0.1) is 19.8 Å².